The molecule has 0 aliphatic carbocycles. The van der Waals surface area contributed by atoms with Gasteiger partial charge in [0.15, 0.2) is 17.7 Å². The van der Waals surface area contributed by atoms with Crippen LogP contribution in [0.5, 0.6) is 17.5 Å². The highest BCUT2D eigenvalue weighted by atomic mass is 35.5. The van der Waals surface area contributed by atoms with Crippen LogP contribution in [0, 0.1) is 18.6 Å². The molecule has 0 aliphatic heterocycles. The molecule has 32 heavy (non-hydrogen) atoms. The molecule has 0 amide bonds. The van der Waals surface area contributed by atoms with Crippen molar-refractivity contribution in [2.75, 3.05) is 0 Å². The first-order chi connectivity index (χ1) is 14.8. The Balaban J connectivity index is 0.00000363. The van der Waals surface area contributed by atoms with Crippen LogP contribution < -0.4 is 15.2 Å². The number of aliphatic carboxylic acids is 1. The van der Waals surface area contributed by atoms with Crippen LogP contribution in [0.25, 0.3) is 11.1 Å². The zero-order valence-electron chi connectivity index (χ0n) is 17.5. The Bertz CT molecular complexity index is 1110. The monoisotopic (exact) mass is 464 g/mol. The van der Waals surface area contributed by atoms with E-state index in [0.29, 0.717) is 12.6 Å². The molecule has 2 aromatic carbocycles. The summed E-state index contributed by atoms with van der Waals surface area (Å²) >= 11 is 0. The summed E-state index contributed by atoms with van der Waals surface area (Å²) < 4.78 is 39.0. The molecule has 0 saturated heterocycles. The lowest BCUT2D eigenvalue weighted by Crippen LogP contribution is -2.26. The van der Waals surface area contributed by atoms with Gasteiger partial charge in [-0.05, 0) is 53.8 Å². The fourth-order valence-corrected chi connectivity index (χ4v) is 2.99. The number of aromatic nitrogens is 1. The number of ether oxygens (including phenoxy) is 2. The van der Waals surface area contributed by atoms with Crippen LogP contribution >= 0.6 is 12.4 Å². The minimum Gasteiger partial charge on any atom is -0.479 e. The summed E-state index contributed by atoms with van der Waals surface area (Å²) in [7, 11) is 0. The van der Waals surface area contributed by atoms with Gasteiger partial charge in [-0.25, -0.2) is 13.6 Å². The number of carboxylic acid groups (broad SMARTS) is 1. The number of nitrogens with zero attached hydrogens (tertiary/aromatic N) is 1. The molecule has 9 heteroatoms. The summed E-state index contributed by atoms with van der Waals surface area (Å²) in [6.45, 7) is 3.81. The SMILES string of the molecule is CCC(Oc1nc(Oc2cc(C)cc(-c3cccc(CN)c3)c2)c(F)cc1F)C(=O)O.Cl. The predicted octanol–water partition coefficient (Wildman–Crippen LogP) is 5.25. The number of aryl methyl sites for hydroxylation is 1. The molecular weight excluding hydrogens is 442 g/mol. The maximum Gasteiger partial charge on any atom is 0.344 e. The number of carboxylic acids is 1. The van der Waals surface area contributed by atoms with Crippen molar-refractivity contribution in [3.8, 4) is 28.6 Å². The molecule has 3 aromatic rings. The summed E-state index contributed by atoms with van der Waals surface area (Å²) in [6, 6.07) is 13.5. The molecular formula is C23H23ClF2N2O4. The maximum atomic E-state index is 14.3. The predicted molar refractivity (Wildman–Crippen MR) is 118 cm³/mol. The number of rotatable bonds is 8. The normalized spacial score (nSPS) is 11.4. The fourth-order valence-electron chi connectivity index (χ4n) is 2.99. The second-order valence-electron chi connectivity index (χ2n) is 6.96. The van der Waals surface area contributed by atoms with E-state index in [4.69, 9.17) is 20.3 Å². The van der Waals surface area contributed by atoms with Crippen LogP contribution in [-0.2, 0) is 11.3 Å². The lowest BCUT2D eigenvalue weighted by atomic mass is 10.0. The van der Waals surface area contributed by atoms with Crippen molar-refractivity contribution < 1.29 is 28.2 Å². The highest BCUT2D eigenvalue weighted by Gasteiger charge is 2.22. The molecule has 0 spiro atoms. The summed E-state index contributed by atoms with van der Waals surface area (Å²) in [4.78, 5) is 14.9. The van der Waals surface area contributed by atoms with Crippen molar-refractivity contribution in [1.82, 2.24) is 4.98 Å². The smallest absolute Gasteiger partial charge is 0.344 e. The lowest BCUT2D eigenvalue weighted by Gasteiger charge is -2.15. The molecule has 3 rings (SSSR count). The van der Waals surface area contributed by atoms with Gasteiger partial charge in [-0.2, -0.15) is 4.98 Å². The number of halogens is 3. The Hall–Kier alpha value is -3.23. The molecule has 170 valence electrons. The summed E-state index contributed by atoms with van der Waals surface area (Å²) in [5.74, 6) is -4.33. The second kappa shape index (κ2) is 10.9. The van der Waals surface area contributed by atoms with Crippen LogP contribution in [0.1, 0.15) is 24.5 Å². The number of carbonyl (C=O) groups is 1. The third kappa shape index (κ3) is 5.93. The van der Waals surface area contributed by atoms with E-state index in [0.717, 1.165) is 22.3 Å². The molecule has 0 aliphatic rings. The van der Waals surface area contributed by atoms with Gasteiger partial charge in [0, 0.05) is 12.6 Å². The summed E-state index contributed by atoms with van der Waals surface area (Å²) in [6.07, 6.45) is -1.24. The quantitative estimate of drug-likeness (QED) is 0.472. The van der Waals surface area contributed by atoms with Crippen molar-refractivity contribution in [1.29, 1.82) is 0 Å². The molecule has 0 saturated carbocycles. The highest BCUT2D eigenvalue weighted by Crippen LogP contribution is 2.32. The molecule has 0 bridgehead atoms. The largest absolute Gasteiger partial charge is 0.479 e. The minimum absolute atomic E-state index is 0. The highest BCUT2D eigenvalue weighted by molar-refractivity contribution is 5.85. The standard InChI is InChI=1S/C23H22F2N2O4.ClH/c1-3-20(23(28)29)31-22-19(25)11-18(24)21(27-22)30-17-8-13(2)7-16(10-17)15-6-4-5-14(9-15)12-26;/h4-11,20H,3,12,26H2,1-2H3,(H,28,29);1H. The fraction of sp³-hybridized carbons (Fsp3) is 0.217. The van der Waals surface area contributed by atoms with E-state index in [-0.39, 0.29) is 24.6 Å². The molecule has 1 atom stereocenters. The first kappa shape index (κ1) is 25.0. The average Bonchev–Trinajstić information content (AvgIpc) is 2.74. The molecule has 1 unspecified atom stereocenters. The van der Waals surface area contributed by atoms with Gasteiger partial charge in [0.2, 0.25) is 0 Å². The first-order valence-corrected chi connectivity index (χ1v) is 9.65. The van der Waals surface area contributed by atoms with Crippen molar-refractivity contribution in [3.05, 3.63) is 71.3 Å². The third-order valence-electron chi connectivity index (χ3n) is 4.53. The summed E-state index contributed by atoms with van der Waals surface area (Å²) in [5, 5.41) is 9.10. The van der Waals surface area contributed by atoms with Crippen LogP contribution in [0.3, 0.4) is 0 Å². The zero-order valence-corrected chi connectivity index (χ0v) is 18.3. The van der Waals surface area contributed by atoms with Crippen molar-refractivity contribution in [2.24, 2.45) is 5.73 Å². The Morgan fingerprint density at radius 1 is 1.09 bits per heavy atom. The Morgan fingerprint density at radius 3 is 2.47 bits per heavy atom. The molecule has 0 fully saturated rings. The number of hydrogen-bond acceptors (Lipinski definition) is 5. The van der Waals surface area contributed by atoms with Crippen molar-refractivity contribution in [3.63, 3.8) is 0 Å². The van der Waals surface area contributed by atoms with Crippen molar-refractivity contribution >= 4 is 18.4 Å². The third-order valence-corrected chi connectivity index (χ3v) is 4.53. The van der Waals surface area contributed by atoms with Crippen molar-refractivity contribution in [2.45, 2.75) is 32.9 Å². The molecule has 1 aromatic heterocycles. The number of benzene rings is 2. The van der Waals surface area contributed by atoms with Gasteiger partial charge in [-0.3, -0.25) is 0 Å². The Labute approximate surface area is 190 Å². The molecule has 3 N–H and O–H groups in total. The van der Waals surface area contributed by atoms with Gasteiger partial charge in [-0.1, -0.05) is 31.2 Å². The average molecular weight is 465 g/mol. The van der Waals surface area contributed by atoms with Crippen LogP contribution in [-0.4, -0.2) is 22.2 Å². The molecule has 0 radical (unpaired) electrons. The molecule has 1 heterocycles. The van der Waals surface area contributed by atoms with E-state index in [9.17, 15) is 13.6 Å². The Kier molecular flexibility index (Phi) is 8.51. The van der Waals surface area contributed by atoms with Crippen LogP contribution in [0.4, 0.5) is 8.78 Å². The summed E-state index contributed by atoms with van der Waals surface area (Å²) in [5.41, 5.74) is 9.24. The maximum absolute atomic E-state index is 14.3. The number of pyridine rings is 1. The topological polar surface area (TPSA) is 94.7 Å². The Morgan fingerprint density at radius 2 is 1.81 bits per heavy atom. The van der Waals surface area contributed by atoms with Gasteiger partial charge in [-0.15, -0.1) is 12.4 Å². The van der Waals surface area contributed by atoms with Gasteiger partial charge in [0.1, 0.15) is 5.75 Å². The minimum atomic E-state index is -1.32. The van der Waals surface area contributed by atoms with E-state index < -0.39 is 35.5 Å². The van der Waals surface area contributed by atoms with Crippen LogP contribution in [0.15, 0.2) is 48.5 Å². The van der Waals surface area contributed by atoms with Crippen LogP contribution in [0.2, 0.25) is 0 Å². The van der Waals surface area contributed by atoms with Gasteiger partial charge in [0.25, 0.3) is 11.8 Å². The zero-order chi connectivity index (χ0) is 22.5. The van der Waals surface area contributed by atoms with E-state index in [2.05, 4.69) is 4.98 Å². The van der Waals surface area contributed by atoms with Gasteiger partial charge >= 0.3 is 5.97 Å². The lowest BCUT2D eigenvalue weighted by molar-refractivity contribution is -0.145. The van der Waals surface area contributed by atoms with E-state index in [1.165, 1.54) is 0 Å². The van der Waals surface area contributed by atoms with Gasteiger partial charge in [0.05, 0.1) is 0 Å². The van der Waals surface area contributed by atoms with E-state index in [1.54, 1.807) is 19.1 Å². The number of hydrogen-bond donors (Lipinski definition) is 2. The van der Waals surface area contributed by atoms with E-state index >= 15 is 0 Å². The first-order valence-electron chi connectivity index (χ1n) is 9.65. The second-order valence-corrected chi connectivity index (χ2v) is 6.96. The van der Waals surface area contributed by atoms with E-state index in [1.807, 2.05) is 37.3 Å². The van der Waals surface area contributed by atoms with Gasteiger partial charge < -0.3 is 20.3 Å². The number of nitrogens with two attached hydrogens (primary N) is 1. The molecule has 6 nitrogen and oxygen atoms in total.